The van der Waals surface area contributed by atoms with E-state index in [0.29, 0.717) is 6.54 Å². The van der Waals surface area contributed by atoms with Crippen LogP contribution in [0, 0.1) is 0 Å². The summed E-state index contributed by atoms with van der Waals surface area (Å²) in [6.07, 6.45) is 0.956. The van der Waals surface area contributed by atoms with Gasteiger partial charge >= 0.3 is 0 Å². The van der Waals surface area contributed by atoms with Crippen molar-refractivity contribution in [3.63, 3.8) is 0 Å². The first-order chi connectivity index (χ1) is 10.0. The zero-order chi connectivity index (χ0) is 15.0. The number of hydrogen-bond acceptors (Lipinski definition) is 3. The number of fused-ring (bicyclic) bond motifs is 1. The number of anilines is 1. The molecule has 1 N–H and O–H groups in total. The molecule has 114 valence electrons. The largest absolute Gasteiger partial charge is 0.322 e. The Balaban J connectivity index is 1.97. The number of carbonyl (C=O) groups is 1. The average molecular weight is 309 g/mol. The summed E-state index contributed by atoms with van der Waals surface area (Å²) in [5, 5.41) is 0. The summed E-state index contributed by atoms with van der Waals surface area (Å²) in [5.41, 5.74) is 0.810. The van der Waals surface area contributed by atoms with Gasteiger partial charge in [-0.15, -0.1) is 0 Å². The van der Waals surface area contributed by atoms with Crippen molar-refractivity contribution in [2.75, 3.05) is 29.5 Å². The van der Waals surface area contributed by atoms with Crippen LogP contribution in [0.5, 0.6) is 0 Å². The molecule has 2 aliphatic heterocycles. The van der Waals surface area contributed by atoms with Crippen LogP contribution >= 0.6 is 0 Å². The highest BCUT2D eigenvalue weighted by Crippen LogP contribution is 2.25. The van der Waals surface area contributed by atoms with Crippen LogP contribution in [0.1, 0.15) is 13.3 Å². The lowest BCUT2D eigenvalue weighted by Gasteiger charge is -2.40. The third-order valence-electron chi connectivity index (χ3n) is 4.43. The van der Waals surface area contributed by atoms with E-state index in [1.807, 2.05) is 30.3 Å². The van der Waals surface area contributed by atoms with E-state index in [9.17, 15) is 13.2 Å². The second-order valence-corrected chi connectivity index (χ2v) is 8.09. The minimum atomic E-state index is -3.06. The van der Waals surface area contributed by atoms with Crippen LogP contribution in [-0.4, -0.2) is 51.0 Å². The Bertz CT molecular complexity index is 630. The van der Waals surface area contributed by atoms with E-state index in [2.05, 4.69) is 6.92 Å². The zero-order valence-electron chi connectivity index (χ0n) is 12.2. The van der Waals surface area contributed by atoms with Gasteiger partial charge in [0.2, 0.25) is 0 Å². The molecule has 0 spiro atoms. The molecule has 2 aliphatic rings. The fraction of sp³-hybridized carbons (Fsp3) is 0.533. The van der Waals surface area contributed by atoms with Gasteiger partial charge in [0.15, 0.2) is 16.4 Å². The number of nitrogens with one attached hydrogen (secondary N) is 1. The van der Waals surface area contributed by atoms with E-state index in [1.54, 1.807) is 4.90 Å². The molecule has 6 heteroatoms. The van der Waals surface area contributed by atoms with Gasteiger partial charge < -0.3 is 4.90 Å². The monoisotopic (exact) mass is 309 g/mol. The fourth-order valence-corrected chi connectivity index (χ4v) is 5.63. The second-order valence-electron chi connectivity index (χ2n) is 5.94. The molecule has 2 fully saturated rings. The number of hydrogen-bond donors (Lipinski definition) is 1. The van der Waals surface area contributed by atoms with Crippen molar-refractivity contribution in [2.45, 2.75) is 25.4 Å². The van der Waals surface area contributed by atoms with Crippen LogP contribution in [0.25, 0.3) is 0 Å². The minimum absolute atomic E-state index is 0.00727. The van der Waals surface area contributed by atoms with E-state index in [4.69, 9.17) is 0 Å². The van der Waals surface area contributed by atoms with Gasteiger partial charge in [0.1, 0.15) is 17.8 Å². The SMILES string of the molecule is CCC[NH+]1CC(=O)N(c2ccccc2)[C@H]2CS(=O)(=O)C[C@@H]21. The number of rotatable bonds is 3. The number of para-hydroxylation sites is 1. The summed E-state index contributed by atoms with van der Waals surface area (Å²) >= 11 is 0. The molecule has 1 amide bonds. The highest BCUT2D eigenvalue weighted by Gasteiger charge is 2.52. The van der Waals surface area contributed by atoms with Gasteiger partial charge in [-0.3, -0.25) is 9.69 Å². The Labute approximate surface area is 125 Å². The van der Waals surface area contributed by atoms with Gasteiger partial charge in [0.25, 0.3) is 5.91 Å². The van der Waals surface area contributed by atoms with Gasteiger partial charge in [-0.1, -0.05) is 25.1 Å². The predicted molar refractivity (Wildman–Crippen MR) is 81.1 cm³/mol. The van der Waals surface area contributed by atoms with Crippen LogP contribution in [0.2, 0.25) is 0 Å². The average Bonchev–Trinajstić information content (AvgIpc) is 2.75. The number of sulfone groups is 1. The molecule has 1 aromatic carbocycles. The first-order valence-corrected chi connectivity index (χ1v) is 9.26. The standard InChI is InChI=1S/C15H20N2O3S/c1-2-8-16-9-15(18)17(12-6-4-3-5-7-12)14-11-21(19,20)10-13(14)16/h3-7,13-14H,2,8-11H2,1H3/p+1/t13-,14-/m0/s1. The molecule has 0 aliphatic carbocycles. The number of benzene rings is 1. The molecule has 1 aromatic rings. The fourth-order valence-electron chi connectivity index (χ4n) is 3.59. The Morgan fingerprint density at radius 2 is 1.95 bits per heavy atom. The number of nitrogens with zero attached hydrogens (tertiary/aromatic N) is 1. The first kappa shape index (κ1) is 14.5. The van der Waals surface area contributed by atoms with Crippen molar-refractivity contribution >= 4 is 21.4 Å². The van der Waals surface area contributed by atoms with Crippen LogP contribution in [0.3, 0.4) is 0 Å². The van der Waals surface area contributed by atoms with Crippen molar-refractivity contribution in [1.29, 1.82) is 0 Å². The lowest BCUT2D eigenvalue weighted by atomic mass is 10.0. The normalized spacial score (nSPS) is 31.2. The van der Waals surface area contributed by atoms with Crippen molar-refractivity contribution in [3.8, 4) is 0 Å². The number of amides is 1. The highest BCUT2D eigenvalue weighted by molar-refractivity contribution is 7.91. The molecule has 3 atom stereocenters. The number of quaternary nitrogens is 1. The predicted octanol–water partition coefficient (Wildman–Crippen LogP) is -0.506. The Morgan fingerprint density at radius 3 is 2.62 bits per heavy atom. The number of carbonyl (C=O) groups excluding carboxylic acids is 1. The maximum absolute atomic E-state index is 12.5. The molecule has 2 saturated heterocycles. The third-order valence-corrected chi connectivity index (χ3v) is 6.15. The van der Waals surface area contributed by atoms with E-state index in [-0.39, 0.29) is 29.5 Å². The summed E-state index contributed by atoms with van der Waals surface area (Å²) in [5.74, 6) is 0.317. The smallest absolute Gasteiger partial charge is 0.282 e. The van der Waals surface area contributed by atoms with Gasteiger partial charge in [-0.2, -0.15) is 0 Å². The first-order valence-electron chi connectivity index (χ1n) is 7.44. The minimum Gasteiger partial charge on any atom is -0.322 e. The lowest BCUT2D eigenvalue weighted by Crippen LogP contribution is -3.20. The third kappa shape index (κ3) is 2.70. The molecule has 5 nitrogen and oxygen atoms in total. The highest BCUT2D eigenvalue weighted by atomic mass is 32.2. The van der Waals surface area contributed by atoms with E-state index in [0.717, 1.165) is 23.6 Å². The summed E-state index contributed by atoms with van der Waals surface area (Å²) in [6.45, 7) is 3.31. The Kier molecular flexibility index (Phi) is 3.75. The van der Waals surface area contributed by atoms with Crippen LogP contribution in [0.15, 0.2) is 30.3 Å². The summed E-state index contributed by atoms with van der Waals surface area (Å²) < 4.78 is 24.2. The molecule has 0 radical (unpaired) electrons. The zero-order valence-corrected chi connectivity index (χ0v) is 13.0. The molecule has 21 heavy (non-hydrogen) atoms. The van der Waals surface area contributed by atoms with E-state index >= 15 is 0 Å². The summed E-state index contributed by atoms with van der Waals surface area (Å²) in [4.78, 5) is 15.4. The van der Waals surface area contributed by atoms with Crippen molar-refractivity contribution in [2.24, 2.45) is 0 Å². The maximum Gasteiger partial charge on any atom is 0.282 e. The quantitative estimate of drug-likeness (QED) is 0.818. The van der Waals surface area contributed by atoms with Gasteiger partial charge in [-0.05, 0) is 18.6 Å². The van der Waals surface area contributed by atoms with Crippen LogP contribution in [0.4, 0.5) is 5.69 Å². The molecule has 0 saturated carbocycles. The van der Waals surface area contributed by atoms with Crippen molar-refractivity contribution < 1.29 is 18.1 Å². The van der Waals surface area contributed by atoms with Crippen LogP contribution < -0.4 is 9.80 Å². The van der Waals surface area contributed by atoms with Crippen molar-refractivity contribution in [3.05, 3.63) is 30.3 Å². The topological polar surface area (TPSA) is 58.9 Å². The van der Waals surface area contributed by atoms with Crippen LogP contribution in [-0.2, 0) is 14.6 Å². The molecular formula is C15H21N2O3S+. The summed E-state index contributed by atoms with van der Waals surface area (Å²) in [7, 11) is -3.06. The van der Waals surface area contributed by atoms with Gasteiger partial charge in [0.05, 0.1) is 12.3 Å². The number of piperazine rings is 1. The molecule has 2 heterocycles. The van der Waals surface area contributed by atoms with E-state index < -0.39 is 9.84 Å². The molecule has 3 rings (SSSR count). The van der Waals surface area contributed by atoms with E-state index in [1.165, 1.54) is 0 Å². The maximum atomic E-state index is 12.5. The molecule has 1 unspecified atom stereocenters. The summed E-state index contributed by atoms with van der Waals surface area (Å²) in [6, 6.07) is 9.21. The van der Waals surface area contributed by atoms with Crippen molar-refractivity contribution in [1.82, 2.24) is 0 Å². The molecule has 0 aromatic heterocycles. The van der Waals surface area contributed by atoms with Gasteiger partial charge in [0, 0.05) is 5.69 Å². The Morgan fingerprint density at radius 1 is 1.24 bits per heavy atom. The van der Waals surface area contributed by atoms with Gasteiger partial charge in [-0.25, -0.2) is 8.42 Å². The second kappa shape index (κ2) is 5.42. The molecular weight excluding hydrogens is 288 g/mol. The molecule has 0 bridgehead atoms. The lowest BCUT2D eigenvalue weighted by molar-refractivity contribution is -0.917. The Hall–Kier alpha value is -1.40.